The minimum absolute atomic E-state index is 0.207. The van der Waals surface area contributed by atoms with Crippen molar-refractivity contribution in [2.75, 3.05) is 26.4 Å². The van der Waals surface area contributed by atoms with Crippen molar-refractivity contribution in [3.63, 3.8) is 0 Å². The highest BCUT2D eigenvalue weighted by Crippen LogP contribution is 2.01. The molecule has 0 aliphatic carbocycles. The Bertz CT molecular complexity index is 202. The number of rotatable bonds is 3. The number of carbonyl (C=O) groups excluding carboxylic acids is 1. The zero-order valence-corrected chi connectivity index (χ0v) is 7.97. The van der Waals surface area contributed by atoms with Crippen LogP contribution in [0.2, 0.25) is 0 Å². The van der Waals surface area contributed by atoms with Crippen LogP contribution < -0.4 is 5.32 Å². The Labute approximate surface area is 81.8 Å². The lowest BCUT2D eigenvalue weighted by atomic mass is 10.3. The summed E-state index contributed by atoms with van der Waals surface area (Å²) >= 11 is 5.48. The van der Waals surface area contributed by atoms with Crippen molar-refractivity contribution in [3.8, 4) is 0 Å². The second-order valence-corrected chi connectivity index (χ2v) is 3.20. The van der Waals surface area contributed by atoms with Crippen LogP contribution in [0.4, 0.5) is 0 Å². The third kappa shape index (κ3) is 3.76. The smallest absolute Gasteiger partial charge is 0.251 e. The maximum Gasteiger partial charge on any atom is 0.251 e. The molecule has 1 rings (SSSR count). The first-order chi connectivity index (χ1) is 6.20. The van der Waals surface area contributed by atoms with Gasteiger partial charge in [-0.1, -0.05) is 18.2 Å². The van der Waals surface area contributed by atoms with Crippen molar-refractivity contribution in [2.45, 2.75) is 6.10 Å². The molecule has 5 heteroatoms. The molecule has 1 amide bonds. The second kappa shape index (κ2) is 5.21. The Morgan fingerprint density at radius 1 is 1.62 bits per heavy atom. The average molecular weight is 206 g/mol. The van der Waals surface area contributed by atoms with Crippen LogP contribution in [0.5, 0.6) is 0 Å². The summed E-state index contributed by atoms with van der Waals surface area (Å²) in [7, 11) is 0. The molecule has 13 heavy (non-hydrogen) atoms. The Balaban J connectivity index is 2.25. The summed E-state index contributed by atoms with van der Waals surface area (Å²) in [5.41, 5.74) is 0. The number of amides is 1. The van der Waals surface area contributed by atoms with Gasteiger partial charge < -0.3 is 14.8 Å². The third-order valence-electron chi connectivity index (χ3n) is 1.56. The Morgan fingerprint density at radius 2 is 2.38 bits per heavy atom. The molecule has 0 spiro atoms. The van der Waals surface area contributed by atoms with Gasteiger partial charge in [-0.2, -0.15) is 0 Å². The van der Waals surface area contributed by atoms with Crippen LogP contribution in [0.15, 0.2) is 11.6 Å². The van der Waals surface area contributed by atoms with Crippen LogP contribution in [0.3, 0.4) is 0 Å². The Hall–Kier alpha value is -0.580. The highest BCUT2D eigenvalue weighted by molar-refractivity contribution is 6.29. The van der Waals surface area contributed by atoms with E-state index in [0.717, 1.165) is 0 Å². The molecule has 1 aliphatic rings. The molecule has 74 valence electrons. The van der Waals surface area contributed by atoms with Gasteiger partial charge in [0, 0.05) is 5.03 Å². The van der Waals surface area contributed by atoms with Crippen molar-refractivity contribution in [1.29, 1.82) is 0 Å². The fourth-order valence-corrected chi connectivity index (χ4v) is 1.00. The molecular formula is C8H12ClNO3. The molecule has 0 radical (unpaired) electrons. The number of hydrogen-bond acceptors (Lipinski definition) is 3. The van der Waals surface area contributed by atoms with E-state index in [2.05, 4.69) is 11.9 Å². The molecule has 1 aliphatic heterocycles. The molecule has 1 N–H and O–H groups in total. The first-order valence-corrected chi connectivity index (χ1v) is 4.38. The topological polar surface area (TPSA) is 47.6 Å². The predicted octanol–water partition coefficient (Wildman–Crippen LogP) is 0.270. The van der Waals surface area contributed by atoms with Gasteiger partial charge >= 0.3 is 0 Å². The SMILES string of the molecule is C=C(Cl)CNC(=O)C1COCCO1. The molecule has 1 saturated heterocycles. The highest BCUT2D eigenvalue weighted by Gasteiger charge is 2.21. The summed E-state index contributed by atoms with van der Waals surface area (Å²) in [6.45, 7) is 5.03. The normalized spacial score (nSPS) is 22.4. The molecule has 0 saturated carbocycles. The maximum absolute atomic E-state index is 11.3. The first-order valence-electron chi connectivity index (χ1n) is 4.00. The van der Waals surface area contributed by atoms with E-state index in [1.54, 1.807) is 0 Å². The Kier molecular flexibility index (Phi) is 4.21. The van der Waals surface area contributed by atoms with E-state index in [4.69, 9.17) is 21.1 Å². The molecule has 0 aromatic heterocycles. The van der Waals surface area contributed by atoms with Gasteiger partial charge in [-0.15, -0.1) is 0 Å². The monoisotopic (exact) mass is 205 g/mol. The van der Waals surface area contributed by atoms with Crippen LogP contribution in [0.25, 0.3) is 0 Å². The lowest BCUT2D eigenvalue weighted by Crippen LogP contribution is -2.43. The number of hydrogen-bond donors (Lipinski definition) is 1. The third-order valence-corrected chi connectivity index (χ3v) is 1.70. The van der Waals surface area contributed by atoms with E-state index >= 15 is 0 Å². The lowest BCUT2D eigenvalue weighted by Gasteiger charge is -2.21. The highest BCUT2D eigenvalue weighted by atomic mass is 35.5. The second-order valence-electron chi connectivity index (χ2n) is 2.67. The first kappa shape index (κ1) is 10.5. The van der Waals surface area contributed by atoms with Crippen LogP contribution in [0, 0.1) is 0 Å². The van der Waals surface area contributed by atoms with Crippen LogP contribution >= 0.6 is 11.6 Å². The molecule has 0 aromatic rings. The van der Waals surface area contributed by atoms with Gasteiger partial charge in [-0.05, 0) is 0 Å². The summed E-state index contributed by atoms with van der Waals surface area (Å²) in [6, 6.07) is 0. The predicted molar refractivity (Wildman–Crippen MR) is 48.6 cm³/mol. The molecule has 0 bridgehead atoms. The molecule has 1 fully saturated rings. The minimum Gasteiger partial charge on any atom is -0.376 e. The van der Waals surface area contributed by atoms with Gasteiger partial charge in [-0.25, -0.2) is 0 Å². The van der Waals surface area contributed by atoms with E-state index < -0.39 is 6.10 Å². The van der Waals surface area contributed by atoms with E-state index in [0.29, 0.717) is 24.9 Å². The average Bonchev–Trinajstić information content (AvgIpc) is 2.15. The van der Waals surface area contributed by atoms with Crippen molar-refractivity contribution >= 4 is 17.5 Å². The van der Waals surface area contributed by atoms with Gasteiger partial charge in [0.2, 0.25) is 0 Å². The molecule has 1 unspecified atom stereocenters. The summed E-state index contributed by atoms with van der Waals surface area (Å²) in [5, 5.41) is 2.97. The number of nitrogens with one attached hydrogen (secondary N) is 1. The van der Waals surface area contributed by atoms with Crippen molar-refractivity contribution < 1.29 is 14.3 Å². The van der Waals surface area contributed by atoms with E-state index in [-0.39, 0.29) is 12.5 Å². The van der Waals surface area contributed by atoms with Gasteiger partial charge in [0.15, 0.2) is 6.10 Å². The number of carbonyl (C=O) groups is 1. The zero-order chi connectivity index (χ0) is 9.68. The molecule has 0 aromatic carbocycles. The van der Waals surface area contributed by atoms with Crippen LogP contribution in [-0.4, -0.2) is 38.4 Å². The molecule has 1 heterocycles. The summed E-state index contributed by atoms with van der Waals surface area (Å²) < 4.78 is 10.2. The molecular weight excluding hydrogens is 194 g/mol. The minimum atomic E-state index is -0.509. The summed E-state index contributed by atoms with van der Waals surface area (Å²) in [4.78, 5) is 11.3. The summed E-state index contributed by atoms with van der Waals surface area (Å²) in [5.74, 6) is -0.207. The van der Waals surface area contributed by atoms with Gasteiger partial charge in [0.25, 0.3) is 5.91 Å². The molecule has 1 atom stereocenters. The zero-order valence-electron chi connectivity index (χ0n) is 7.22. The number of halogens is 1. The van der Waals surface area contributed by atoms with E-state index in [1.165, 1.54) is 0 Å². The van der Waals surface area contributed by atoms with Gasteiger partial charge in [-0.3, -0.25) is 4.79 Å². The largest absolute Gasteiger partial charge is 0.376 e. The van der Waals surface area contributed by atoms with E-state index in [9.17, 15) is 4.79 Å². The fourth-order valence-electron chi connectivity index (χ4n) is 0.936. The van der Waals surface area contributed by atoms with E-state index in [1.807, 2.05) is 0 Å². The van der Waals surface area contributed by atoms with Crippen molar-refractivity contribution in [3.05, 3.63) is 11.6 Å². The van der Waals surface area contributed by atoms with Gasteiger partial charge in [0.05, 0.1) is 26.4 Å². The molecule has 4 nitrogen and oxygen atoms in total. The summed E-state index contributed by atoms with van der Waals surface area (Å²) in [6.07, 6.45) is -0.509. The van der Waals surface area contributed by atoms with Gasteiger partial charge in [0.1, 0.15) is 0 Å². The van der Waals surface area contributed by atoms with Crippen molar-refractivity contribution in [2.24, 2.45) is 0 Å². The van der Waals surface area contributed by atoms with Crippen LogP contribution in [-0.2, 0) is 14.3 Å². The lowest BCUT2D eigenvalue weighted by molar-refractivity contribution is -0.147. The fraction of sp³-hybridized carbons (Fsp3) is 0.625. The van der Waals surface area contributed by atoms with Crippen LogP contribution in [0.1, 0.15) is 0 Å². The van der Waals surface area contributed by atoms with Crippen molar-refractivity contribution in [1.82, 2.24) is 5.32 Å². The number of ether oxygens (including phenoxy) is 2. The quantitative estimate of drug-likeness (QED) is 0.720. The Morgan fingerprint density at radius 3 is 2.92 bits per heavy atom. The maximum atomic E-state index is 11.3. The standard InChI is InChI=1S/C8H12ClNO3/c1-6(9)4-10-8(11)7-5-12-2-3-13-7/h7H,1-5H2,(H,10,11).